The molecule has 0 bridgehead atoms. The van der Waals surface area contributed by atoms with Crippen molar-refractivity contribution in [3.63, 3.8) is 0 Å². The van der Waals surface area contributed by atoms with Crippen molar-refractivity contribution in [1.82, 2.24) is 0 Å². The summed E-state index contributed by atoms with van der Waals surface area (Å²) in [4.78, 5) is 44.7. The van der Waals surface area contributed by atoms with Gasteiger partial charge in [0.15, 0.2) is 0 Å². The third-order valence-electron chi connectivity index (χ3n) is 3.99. The van der Waals surface area contributed by atoms with E-state index in [2.05, 4.69) is 0 Å². The van der Waals surface area contributed by atoms with E-state index in [1.807, 2.05) is 0 Å². The highest BCUT2D eigenvalue weighted by molar-refractivity contribution is 5.72. The summed E-state index contributed by atoms with van der Waals surface area (Å²) in [6.45, 7) is 13.8. The Labute approximate surface area is 162 Å². The normalized spacial score (nSPS) is 13.6. The number of aliphatic carboxylic acids is 2. The van der Waals surface area contributed by atoms with E-state index in [9.17, 15) is 19.8 Å². The van der Waals surface area contributed by atoms with Crippen LogP contribution in [0.3, 0.4) is 0 Å². The Kier molecular flexibility index (Phi) is 9.37. The first-order valence-electron chi connectivity index (χ1n) is 9.25. The number of carbonyl (C=O) groups excluding carboxylic acids is 2. The Morgan fingerprint density at radius 3 is 1.44 bits per heavy atom. The minimum Gasteiger partial charge on any atom is -0.550 e. The van der Waals surface area contributed by atoms with Crippen molar-refractivity contribution in [2.45, 2.75) is 104 Å². The van der Waals surface area contributed by atoms with Gasteiger partial charge in [0.25, 0.3) is 0 Å². The van der Waals surface area contributed by atoms with Gasteiger partial charge in [-0.05, 0) is 60.8 Å². The molecular formula is C19H34O8-2. The van der Waals surface area contributed by atoms with Crippen LogP contribution in [0.5, 0.6) is 0 Å². The predicted octanol–water partition coefficient (Wildman–Crippen LogP) is 1.65. The zero-order chi connectivity index (χ0) is 21.5. The molecule has 0 aliphatic carbocycles. The zero-order valence-corrected chi connectivity index (χ0v) is 17.8. The summed E-state index contributed by atoms with van der Waals surface area (Å²) in [6, 6.07) is 0. The lowest BCUT2D eigenvalue weighted by Crippen LogP contribution is -2.51. The molecule has 0 radical (unpaired) electrons. The number of hydrogen-bond donors (Lipinski definition) is 0. The van der Waals surface area contributed by atoms with Gasteiger partial charge in [0.1, 0.15) is 0 Å². The Bertz CT molecular complexity index is 465. The van der Waals surface area contributed by atoms with E-state index in [0.29, 0.717) is 0 Å². The first-order valence-corrected chi connectivity index (χ1v) is 9.25. The molecule has 0 rings (SSSR count). The zero-order valence-electron chi connectivity index (χ0n) is 17.8. The monoisotopic (exact) mass is 390 g/mol. The van der Waals surface area contributed by atoms with Gasteiger partial charge in [0.05, 0.1) is 11.2 Å². The molecule has 0 aromatic heterocycles. The lowest BCUT2D eigenvalue weighted by molar-refractivity contribution is -0.547. The third kappa shape index (κ3) is 9.51. The number of carbonyl (C=O) groups is 2. The second kappa shape index (κ2) is 9.82. The number of carboxylic acid groups (broad SMARTS) is 2. The van der Waals surface area contributed by atoms with E-state index >= 15 is 0 Å². The van der Waals surface area contributed by atoms with Gasteiger partial charge < -0.3 is 19.8 Å². The molecule has 0 N–H and O–H groups in total. The molecule has 0 amide bonds. The lowest BCUT2D eigenvalue weighted by Gasteiger charge is -2.42. The molecule has 0 saturated carbocycles. The van der Waals surface area contributed by atoms with Crippen LogP contribution in [0.1, 0.15) is 87.5 Å². The lowest BCUT2D eigenvalue weighted by atomic mass is 9.75. The van der Waals surface area contributed by atoms with Crippen LogP contribution in [0.2, 0.25) is 0 Å². The maximum atomic E-state index is 11.9. The fourth-order valence-corrected chi connectivity index (χ4v) is 2.32. The molecule has 0 saturated heterocycles. The summed E-state index contributed by atoms with van der Waals surface area (Å²) in [6.07, 6.45) is -0.407. The van der Waals surface area contributed by atoms with Crippen LogP contribution in [-0.4, -0.2) is 28.9 Å². The van der Waals surface area contributed by atoms with Gasteiger partial charge >= 0.3 is 0 Å². The molecule has 0 aliphatic heterocycles. The highest BCUT2D eigenvalue weighted by atomic mass is 17.3. The maximum Gasteiger partial charge on any atom is 0.235 e. The van der Waals surface area contributed by atoms with Crippen molar-refractivity contribution in [2.24, 2.45) is 5.41 Å². The predicted molar refractivity (Wildman–Crippen MR) is 93.5 cm³/mol. The van der Waals surface area contributed by atoms with Crippen molar-refractivity contribution in [3.8, 4) is 0 Å². The van der Waals surface area contributed by atoms with Gasteiger partial charge in [0.2, 0.25) is 5.79 Å². The molecule has 0 aromatic rings. The first-order chi connectivity index (χ1) is 12.1. The standard InChI is InChI=1S/C19H36O8/c1-9-18(10-2,15(22)23)13-19(12-11-14(20)21,26-24-16(3,4)5)27-25-17(6,7)8/h9-13H2,1-8H3,(H,20,21)(H,22,23)/p-2. The summed E-state index contributed by atoms with van der Waals surface area (Å²) < 4.78 is 0. The van der Waals surface area contributed by atoms with Crippen LogP contribution < -0.4 is 10.2 Å². The molecule has 27 heavy (non-hydrogen) atoms. The van der Waals surface area contributed by atoms with Crippen LogP contribution in [0.25, 0.3) is 0 Å². The van der Waals surface area contributed by atoms with E-state index in [-0.39, 0.29) is 25.7 Å². The summed E-state index contributed by atoms with van der Waals surface area (Å²) >= 11 is 0. The molecule has 8 nitrogen and oxygen atoms in total. The fraction of sp³-hybridized carbons (Fsp3) is 0.895. The molecule has 0 atom stereocenters. The van der Waals surface area contributed by atoms with Gasteiger partial charge in [-0.3, -0.25) is 0 Å². The Balaban J connectivity index is 5.96. The van der Waals surface area contributed by atoms with Gasteiger partial charge in [-0.1, -0.05) is 13.8 Å². The van der Waals surface area contributed by atoms with Crippen LogP contribution in [0.4, 0.5) is 0 Å². The summed E-state index contributed by atoms with van der Waals surface area (Å²) in [5.41, 5.74) is -2.81. The van der Waals surface area contributed by atoms with Crippen LogP contribution in [-0.2, 0) is 29.1 Å². The quantitative estimate of drug-likeness (QED) is 0.280. The Morgan fingerprint density at radius 1 is 0.778 bits per heavy atom. The Hall–Kier alpha value is -1.22. The topological polar surface area (TPSA) is 117 Å². The van der Waals surface area contributed by atoms with Crippen LogP contribution in [0.15, 0.2) is 0 Å². The van der Waals surface area contributed by atoms with Gasteiger partial charge in [-0.15, -0.1) is 0 Å². The highest BCUT2D eigenvalue weighted by Crippen LogP contribution is 2.41. The van der Waals surface area contributed by atoms with E-state index < -0.39 is 40.8 Å². The van der Waals surface area contributed by atoms with Gasteiger partial charge in [-0.25, -0.2) is 9.78 Å². The second-order valence-electron chi connectivity index (χ2n) is 8.79. The molecule has 0 aliphatic rings. The van der Waals surface area contributed by atoms with Crippen LogP contribution >= 0.6 is 0 Å². The average Bonchev–Trinajstić information content (AvgIpc) is 2.52. The fourth-order valence-electron chi connectivity index (χ4n) is 2.32. The van der Waals surface area contributed by atoms with E-state index in [0.717, 1.165) is 0 Å². The largest absolute Gasteiger partial charge is 0.550 e. The second-order valence-corrected chi connectivity index (χ2v) is 8.79. The van der Waals surface area contributed by atoms with E-state index in [4.69, 9.17) is 19.6 Å². The van der Waals surface area contributed by atoms with Crippen molar-refractivity contribution in [2.75, 3.05) is 0 Å². The van der Waals surface area contributed by atoms with Crippen molar-refractivity contribution >= 4 is 11.9 Å². The molecule has 0 fully saturated rings. The highest BCUT2D eigenvalue weighted by Gasteiger charge is 2.46. The van der Waals surface area contributed by atoms with Gasteiger partial charge in [-0.2, -0.15) is 9.78 Å². The van der Waals surface area contributed by atoms with Crippen molar-refractivity contribution < 1.29 is 39.4 Å². The molecular weight excluding hydrogens is 356 g/mol. The number of carboxylic acids is 2. The van der Waals surface area contributed by atoms with E-state index in [1.165, 1.54) is 0 Å². The summed E-state index contributed by atoms with van der Waals surface area (Å²) in [5.74, 6) is -4.37. The maximum absolute atomic E-state index is 11.9. The molecule has 160 valence electrons. The van der Waals surface area contributed by atoms with E-state index in [1.54, 1.807) is 55.4 Å². The molecule has 8 heteroatoms. The Morgan fingerprint density at radius 2 is 1.19 bits per heavy atom. The molecule has 0 aromatic carbocycles. The van der Waals surface area contributed by atoms with Crippen molar-refractivity contribution in [1.29, 1.82) is 0 Å². The molecule has 0 spiro atoms. The smallest absolute Gasteiger partial charge is 0.235 e. The summed E-state index contributed by atoms with van der Waals surface area (Å²) in [5, 5.41) is 22.9. The number of hydrogen-bond acceptors (Lipinski definition) is 8. The van der Waals surface area contributed by atoms with Crippen molar-refractivity contribution in [3.05, 3.63) is 0 Å². The first kappa shape index (κ1) is 25.8. The van der Waals surface area contributed by atoms with Gasteiger partial charge in [0, 0.05) is 30.2 Å². The third-order valence-corrected chi connectivity index (χ3v) is 3.99. The summed E-state index contributed by atoms with van der Waals surface area (Å²) in [7, 11) is 0. The average molecular weight is 390 g/mol. The molecule has 0 unspecified atom stereocenters. The minimum absolute atomic E-state index is 0.214. The minimum atomic E-state index is -1.77. The number of rotatable bonds is 12. The SMILES string of the molecule is CCC(CC)(CC(CCC(=O)[O-])(OOC(C)(C)C)OOC(C)(C)C)C(=O)[O-]. The molecule has 0 heterocycles. The van der Waals surface area contributed by atoms with Crippen LogP contribution in [0, 0.1) is 5.41 Å².